The summed E-state index contributed by atoms with van der Waals surface area (Å²) in [6, 6.07) is 6.10. The Morgan fingerprint density at radius 3 is 2.43 bits per heavy atom. The number of hydrogen-bond acceptors (Lipinski definition) is 5. The van der Waals surface area contributed by atoms with Crippen molar-refractivity contribution in [2.24, 2.45) is 0 Å². The predicted molar refractivity (Wildman–Crippen MR) is 87.7 cm³/mol. The van der Waals surface area contributed by atoms with Gasteiger partial charge in [-0.05, 0) is 45.9 Å². The number of rotatable bonds is 7. The molecule has 3 N–H and O–H groups in total. The Labute approximate surface area is 127 Å². The van der Waals surface area contributed by atoms with Crippen molar-refractivity contribution in [3.63, 3.8) is 0 Å². The average Bonchev–Trinajstić information content (AvgIpc) is 2.43. The van der Waals surface area contributed by atoms with Crippen molar-refractivity contribution in [3.8, 4) is 0 Å². The molecule has 0 radical (unpaired) electrons. The Morgan fingerprint density at radius 2 is 1.90 bits per heavy atom. The van der Waals surface area contributed by atoms with Gasteiger partial charge in [-0.1, -0.05) is 0 Å². The second kappa shape index (κ2) is 7.88. The topological polar surface area (TPSA) is 67.6 Å². The summed E-state index contributed by atoms with van der Waals surface area (Å²) >= 11 is 0. The Bertz CT molecular complexity index is 465. The Hall–Kier alpha value is -1.75. The molecule has 0 aliphatic rings. The quantitative estimate of drug-likeness (QED) is 0.597. The molecule has 0 saturated carbocycles. The van der Waals surface area contributed by atoms with Crippen molar-refractivity contribution in [3.05, 3.63) is 23.8 Å². The number of nitrogen functional groups attached to an aromatic ring is 1. The van der Waals surface area contributed by atoms with Gasteiger partial charge < -0.3 is 15.8 Å². The number of carbonyl (C=O) groups is 1. The van der Waals surface area contributed by atoms with Gasteiger partial charge >= 0.3 is 5.97 Å². The van der Waals surface area contributed by atoms with E-state index in [1.807, 2.05) is 0 Å². The number of benzene rings is 1. The molecule has 5 nitrogen and oxygen atoms in total. The third-order valence-corrected chi connectivity index (χ3v) is 3.49. The number of anilines is 2. The molecule has 0 aliphatic heterocycles. The molecular weight excluding hydrogens is 266 g/mol. The molecule has 1 rings (SSSR count). The highest BCUT2D eigenvalue weighted by Crippen LogP contribution is 2.20. The molecule has 0 heterocycles. The molecule has 0 amide bonds. The fourth-order valence-electron chi connectivity index (χ4n) is 2.39. The average molecular weight is 293 g/mol. The van der Waals surface area contributed by atoms with Crippen LogP contribution in [-0.4, -0.2) is 43.2 Å². The highest BCUT2D eigenvalue weighted by molar-refractivity contribution is 5.91. The molecule has 5 heteroatoms. The minimum absolute atomic E-state index is 0.357. The molecule has 0 spiro atoms. The number of ether oxygens (including phenoxy) is 1. The maximum absolute atomic E-state index is 11.5. The van der Waals surface area contributed by atoms with Gasteiger partial charge in [0, 0.05) is 25.2 Å². The van der Waals surface area contributed by atoms with E-state index in [4.69, 9.17) is 10.5 Å². The molecule has 0 unspecified atom stereocenters. The number of hydrogen-bond donors (Lipinski definition) is 2. The van der Waals surface area contributed by atoms with E-state index in [0.717, 1.165) is 18.8 Å². The zero-order valence-electron chi connectivity index (χ0n) is 13.6. The molecule has 118 valence electrons. The number of nitrogens with zero attached hydrogens (tertiary/aromatic N) is 1. The van der Waals surface area contributed by atoms with Gasteiger partial charge in [-0.15, -0.1) is 0 Å². The summed E-state index contributed by atoms with van der Waals surface area (Å²) in [7, 11) is 1.37. The fraction of sp³-hybridized carbons (Fsp3) is 0.562. The first-order valence-electron chi connectivity index (χ1n) is 7.34. The number of carbonyl (C=O) groups excluding carboxylic acids is 1. The van der Waals surface area contributed by atoms with E-state index in [-0.39, 0.29) is 5.97 Å². The van der Waals surface area contributed by atoms with Crippen LogP contribution in [0.2, 0.25) is 0 Å². The van der Waals surface area contributed by atoms with Gasteiger partial charge in [0.15, 0.2) is 0 Å². The van der Waals surface area contributed by atoms with Crippen molar-refractivity contribution in [1.29, 1.82) is 0 Å². The first kappa shape index (κ1) is 17.3. The van der Waals surface area contributed by atoms with Crippen LogP contribution in [-0.2, 0) is 4.74 Å². The van der Waals surface area contributed by atoms with Gasteiger partial charge in [0.1, 0.15) is 0 Å². The van der Waals surface area contributed by atoms with Gasteiger partial charge in [-0.3, -0.25) is 4.90 Å². The molecular formula is C16H27N3O2. The lowest BCUT2D eigenvalue weighted by Gasteiger charge is -2.30. The predicted octanol–water partition coefficient (Wildman–Crippen LogP) is 2.59. The lowest BCUT2D eigenvalue weighted by Crippen LogP contribution is -2.40. The van der Waals surface area contributed by atoms with E-state index in [0.29, 0.717) is 23.3 Å². The third-order valence-electron chi connectivity index (χ3n) is 3.49. The summed E-state index contributed by atoms with van der Waals surface area (Å²) in [5.41, 5.74) is 7.84. The molecule has 0 aliphatic carbocycles. The van der Waals surface area contributed by atoms with Crippen molar-refractivity contribution < 1.29 is 9.53 Å². The molecule has 0 aromatic heterocycles. The summed E-state index contributed by atoms with van der Waals surface area (Å²) in [4.78, 5) is 13.9. The van der Waals surface area contributed by atoms with E-state index in [2.05, 4.69) is 37.9 Å². The smallest absolute Gasteiger partial charge is 0.337 e. The zero-order chi connectivity index (χ0) is 16.0. The number of esters is 1. The van der Waals surface area contributed by atoms with Crippen LogP contribution in [0.3, 0.4) is 0 Å². The molecule has 0 saturated heterocycles. The van der Waals surface area contributed by atoms with Crippen LogP contribution in [0.1, 0.15) is 38.1 Å². The van der Waals surface area contributed by atoms with Crippen LogP contribution >= 0.6 is 0 Å². The molecule has 0 bridgehead atoms. The summed E-state index contributed by atoms with van der Waals surface area (Å²) < 4.78 is 4.72. The van der Waals surface area contributed by atoms with Crippen LogP contribution in [0.25, 0.3) is 0 Å². The normalized spacial score (nSPS) is 11.2. The summed E-state index contributed by atoms with van der Waals surface area (Å²) in [6.07, 6.45) is 0. The van der Waals surface area contributed by atoms with Gasteiger partial charge in [0.05, 0.1) is 24.0 Å². The van der Waals surface area contributed by atoms with E-state index < -0.39 is 0 Å². The highest BCUT2D eigenvalue weighted by atomic mass is 16.5. The number of methoxy groups -OCH3 is 1. The molecule has 0 atom stereocenters. The van der Waals surface area contributed by atoms with E-state index in [1.165, 1.54) is 7.11 Å². The molecule has 0 fully saturated rings. The van der Waals surface area contributed by atoms with E-state index in [9.17, 15) is 4.79 Å². The van der Waals surface area contributed by atoms with E-state index in [1.54, 1.807) is 18.2 Å². The molecule has 21 heavy (non-hydrogen) atoms. The summed E-state index contributed by atoms with van der Waals surface area (Å²) in [5.74, 6) is -0.357. The van der Waals surface area contributed by atoms with Gasteiger partial charge in [0.2, 0.25) is 0 Å². The minimum atomic E-state index is -0.357. The maximum atomic E-state index is 11.5. The third kappa shape index (κ3) is 4.93. The van der Waals surface area contributed by atoms with Gasteiger partial charge in [-0.25, -0.2) is 4.79 Å². The Kier molecular flexibility index (Phi) is 6.49. The summed E-state index contributed by atoms with van der Waals surface area (Å²) in [5, 5.41) is 3.30. The number of nitrogens with two attached hydrogens (primary N) is 1. The second-order valence-electron chi connectivity index (χ2n) is 5.65. The van der Waals surface area contributed by atoms with Crippen LogP contribution in [0, 0.1) is 0 Å². The number of nitrogens with one attached hydrogen (secondary N) is 1. The zero-order valence-corrected chi connectivity index (χ0v) is 13.6. The van der Waals surface area contributed by atoms with E-state index >= 15 is 0 Å². The Balaban J connectivity index is 2.68. The summed E-state index contributed by atoms with van der Waals surface area (Å²) in [6.45, 7) is 10.4. The van der Waals surface area contributed by atoms with Crippen molar-refractivity contribution in [1.82, 2.24) is 4.90 Å². The highest BCUT2D eigenvalue weighted by Gasteiger charge is 2.13. The van der Waals surface area contributed by atoms with Crippen LogP contribution < -0.4 is 11.1 Å². The van der Waals surface area contributed by atoms with Crippen molar-refractivity contribution >= 4 is 17.3 Å². The molecule has 1 aromatic rings. The standard InChI is InChI=1S/C16H27N3O2/c1-11(2)19(12(3)4)9-8-18-15-10-13(16(20)21-5)6-7-14(15)17/h6-7,10-12,18H,8-9,17H2,1-5H3. The first-order chi connectivity index (χ1) is 9.86. The van der Waals surface area contributed by atoms with Gasteiger partial charge in [0.25, 0.3) is 0 Å². The maximum Gasteiger partial charge on any atom is 0.337 e. The largest absolute Gasteiger partial charge is 0.465 e. The van der Waals surface area contributed by atoms with Crippen LogP contribution in [0.5, 0.6) is 0 Å². The molecule has 1 aromatic carbocycles. The fourth-order valence-corrected chi connectivity index (χ4v) is 2.39. The van der Waals surface area contributed by atoms with Crippen LogP contribution in [0.15, 0.2) is 18.2 Å². The van der Waals surface area contributed by atoms with Gasteiger partial charge in [-0.2, -0.15) is 0 Å². The van der Waals surface area contributed by atoms with Crippen molar-refractivity contribution in [2.45, 2.75) is 39.8 Å². The second-order valence-corrected chi connectivity index (χ2v) is 5.65. The van der Waals surface area contributed by atoms with Crippen molar-refractivity contribution in [2.75, 3.05) is 31.2 Å². The Morgan fingerprint density at radius 1 is 1.29 bits per heavy atom. The SMILES string of the molecule is COC(=O)c1ccc(N)c(NCCN(C(C)C)C(C)C)c1. The lowest BCUT2D eigenvalue weighted by molar-refractivity contribution is 0.0601. The lowest BCUT2D eigenvalue weighted by atomic mass is 10.1. The monoisotopic (exact) mass is 293 g/mol. The van der Waals surface area contributed by atoms with Crippen LogP contribution in [0.4, 0.5) is 11.4 Å². The first-order valence-corrected chi connectivity index (χ1v) is 7.34. The minimum Gasteiger partial charge on any atom is -0.465 e.